The van der Waals surface area contributed by atoms with Crippen molar-refractivity contribution in [2.75, 3.05) is 5.88 Å². The van der Waals surface area contributed by atoms with Crippen LogP contribution in [0.1, 0.15) is 16.7 Å². The van der Waals surface area contributed by atoms with Crippen LogP contribution in [0, 0.1) is 18.3 Å². The van der Waals surface area contributed by atoms with Crippen LogP contribution >= 0.6 is 23.4 Å². The van der Waals surface area contributed by atoms with Gasteiger partial charge in [0.2, 0.25) is 0 Å². The molecule has 0 spiro atoms. The number of allylic oxidation sites excluding steroid dienone is 1. The van der Waals surface area contributed by atoms with Crippen molar-refractivity contribution in [3.05, 3.63) is 83.9 Å². The Morgan fingerprint density at radius 1 is 1.12 bits per heavy atom. The number of hydrogen-bond donors (Lipinski definition) is 0. The lowest BCUT2D eigenvalue weighted by molar-refractivity contribution is 0.729. The molecule has 5 aromatic rings. The number of nitriles is 1. The highest BCUT2D eigenvalue weighted by molar-refractivity contribution is 7.99. The maximum atomic E-state index is 9.98. The van der Waals surface area contributed by atoms with Gasteiger partial charge in [-0.3, -0.25) is 8.97 Å². The molecule has 0 aliphatic rings. The minimum absolute atomic E-state index is 0.437. The van der Waals surface area contributed by atoms with Crippen LogP contribution in [-0.2, 0) is 13.0 Å². The topological polar surface area (TPSA) is 71.8 Å². The summed E-state index contributed by atoms with van der Waals surface area (Å²) in [5.74, 6) is 1.21. The molecule has 168 valence electrons. The third-order valence-corrected chi connectivity index (χ3v) is 7.07. The normalized spacial score (nSPS) is 11.2. The maximum absolute atomic E-state index is 9.98. The molecule has 0 N–H and O–H groups in total. The van der Waals surface area contributed by atoms with Crippen molar-refractivity contribution in [2.45, 2.75) is 30.1 Å². The molecular weight excluding hydrogens is 464 g/mol. The van der Waals surface area contributed by atoms with E-state index in [1.807, 2.05) is 67.6 Å². The largest absolute Gasteiger partial charge is 0.298 e. The van der Waals surface area contributed by atoms with E-state index in [9.17, 15) is 5.26 Å². The molecule has 8 heteroatoms. The summed E-state index contributed by atoms with van der Waals surface area (Å²) in [5, 5.41) is 20.7. The number of nitrogens with zero attached hydrogens (tertiary/aromatic N) is 6. The zero-order valence-corrected chi connectivity index (χ0v) is 20.1. The van der Waals surface area contributed by atoms with Crippen LogP contribution < -0.4 is 0 Å². The van der Waals surface area contributed by atoms with E-state index in [-0.39, 0.29) is 0 Å². The number of hydrogen-bond acceptors (Lipinski definition) is 5. The number of para-hydroxylation sites is 2. The second-order valence-electron chi connectivity index (χ2n) is 7.77. The summed E-state index contributed by atoms with van der Waals surface area (Å²) in [6.45, 7) is 6.46. The van der Waals surface area contributed by atoms with Gasteiger partial charge in [-0.25, -0.2) is 4.98 Å². The minimum Gasteiger partial charge on any atom is -0.298 e. The fourth-order valence-corrected chi connectivity index (χ4v) is 5.56. The molecule has 0 fully saturated rings. The van der Waals surface area contributed by atoms with E-state index in [2.05, 4.69) is 31.8 Å². The molecule has 0 aliphatic heterocycles. The number of halogens is 1. The highest BCUT2D eigenvalue weighted by Gasteiger charge is 2.23. The summed E-state index contributed by atoms with van der Waals surface area (Å²) >= 11 is 7.74. The molecule has 2 aromatic carbocycles. The van der Waals surface area contributed by atoms with Crippen LogP contribution in [0.3, 0.4) is 0 Å². The molecule has 0 saturated heterocycles. The van der Waals surface area contributed by atoms with E-state index >= 15 is 0 Å². The van der Waals surface area contributed by atoms with Gasteiger partial charge in [0.15, 0.2) is 16.6 Å². The number of pyridine rings is 1. The Morgan fingerprint density at radius 2 is 1.88 bits per heavy atom. The van der Waals surface area contributed by atoms with Crippen molar-refractivity contribution in [3.8, 4) is 17.5 Å². The van der Waals surface area contributed by atoms with Gasteiger partial charge in [-0.2, -0.15) is 5.26 Å². The molecule has 0 amide bonds. The highest BCUT2D eigenvalue weighted by atomic mass is 35.5. The Morgan fingerprint density at radius 3 is 2.62 bits per heavy atom. The lowest BCUT2D eigenvalue weighted by Crippen LogP contribution is -2.07. The third kappa shape index (κ3) is 3.65. The predicted octanol–water partition coefficient (Wildman–Crippen LogP) is 6.04. The fourth-order valence-electron chi connectivity index (χ4n) is 4.19. The van der Waals surface area contributed by atoms with E-state index in [0.717, 1.165) is 43.7 Å². The molecule has 0 bridgehead atoms. The number of imidazole rings is 1. The van der Waals surface area contributed by atoms with Gasteiger partial charge in [0.05, 0.1) is 21.6 Å². The van der Waals surface area contributed by atoms with Crippen LogP contribution in [0.2, 0.25) is 0 Å². The van der Waals surface area contributed by atoms with Gasteiger partial charge < -0.3 is 0 Å². The van der Waals surface area contributed by atoms with E-state index in [1.165, 1.54) is 11.8 Å². The molecule has 0 radical (unpaired) electrons. The summed E-state index contributed by atoms with van der Waals surface area (Å²) in [7, 11) is 0. The Labute approximate surface area is 206 Å². The zero-order chi connectivity index (χ0) is 23.7. The molecule has 0 saturated carbocycles. The molecule has 3 aromatic heterocycles. The third-order valence-electron chi connectivity index (χ3n) is 5.78. The monoisotopic (exact) mass is 484 g/mol. The highest BCUT2D eigenvalue weighted by Crippen LogP contribution is 2.38. The molecular formula is C26H21ClN6S. The first-order valence-electron chi connectivity index (χ1n) is 10.8. The Bertz CT molecular complexity index is 1560. The van der Waals surface area contributed by atoms with E-state index in [1.54, 1.807) is 0 Å². The molecule has 5 rings (SSSR count). The first-order valence-corrected chi connectivity index (χ1v) is 12.2. The van der Waals surface area contributed by atoms with E-state index in [0.29, 0.717) is 30.1 Å². The number of rotatable bonds is 7. The lowest BCUT2D eigenvalue weighted by Gasteiger charge is -2.16. The van der Waals surface area contributed by atoms with Crippen molar-refractivity contribution in [1.29, 1.82) is 5.26 Å². The van der Waals surface area contributed by atoms with E-state index < -0.39 is 0 Å². The molecule has 0 atom stereocenters. The van der Waals surface area contributed by atoms with Crippen molar-refractivity contribution in [3.63, 3.8) is 0 Å². The summed E-state index contributed by atoms with van der Waals surface area (Å²) in [6, 6.07) is 20.3. The van der Waals surface area contributed by atoms with Crippen molar-refractivity contribution in [1.82, 2.24) is 24.1 Å². The Hall–Kier alpha value is -3.60. The van der Waals surface area contributed by atoms with Crippen molar-refractivity contribution in [2.24, 2.45) is 0 Å². The second-order valence-corrected chi connectivity index (χ2v) is 9.10. The number of benzene rings is 2. The molecule has 6 nitrogen and oxygen atoms in total. The quantitative estimate of drug-likeness (QED) is 0.208. The SMILES string of the molecule is C=CCn1c(Sc2c(CCCl)c(C)c(C#N)c3nc4ccccc4n23)nnc1-c1ccccc1. The van der Waals surface area contributed by atoms with Crippen molar-refractivity contribution < 1.29 is 0 Å². The van der Waals surface area contributed by atoms with Gasteiger partial charge in [-0.05, 0) is 48.4 Å². The first kappa shape index (κ1) is 22.2. The number of fused-ring (bicyclic) bond motifs is 3. The van der Waals surface area contributed by atoms with Gasteiger partial charge in [0, 0.05) is 18.0 Å². The van der Waals surface area contributed by atoms with Gasteiger partial charge in [0.1, 0.15) is 6.07 Å². The van der Waals surface area contributed by atoms with Gasteiger partial charge in [-0.15, -0.1) is 28.4 Å². The van der Waals surface area contributed by atoms with Crippen LogP contribution in [0.5, 0.6) is 0 Å². The number of aromatic nitrogens is 5. The average molecular weight is 485 g/mol. The second kappa shape index (κ2) is 9.34. The molecule has 3 heterocycles. The Kier molecular flexibility index (Phi) is 6.10. The van der Waals surface area contributed by atoms with Crippen LogP contribution in [0.4, 0.5) is 0 Å². The van der Waals surface area contributed by atoms with E-state index in [4.69, 9.17) is 16.6 Å². The summed E-state index contributed by atoms with van der Waals surface area (Å²) in [5.41, 5.74) is 5.87. The molecule has 0 unspecified atom stereocenters. The van der Waals surface area contributed by atoms with Gasteiger partial charge in [0.25, 0.3) is 0 Å². The lowest BCUT2D eigenvalue weighted by atomic mass is 10.0. The zero-order valence-electron chi connectivity index (χ0n) is 18.6. The average Bonchev–Trinajstić information content (AvgIpc) is 3.44. The Balaban J connectivity index is 1.78. The number of alkyl halides is 1. The van der Waals surface area contributed by atoms with Crippen LogP contribution in [0.25, 0.3) is 28.1 Å². The van der Waals surface area contributed by atoms with Crippen molar-refractivity contribution >= 4 is 40.0 Å². The fraction of sp³-hybridized carbons (Fsp3) is 0.154. The summed E-state index contributed by atoms with van der Waals surface area (Å²) in [6.07, 6.45) is 2.46. The van der Waals surface area contributed by atoms with Gasteiger partial charge in [-0.1, -0.05) is 48.5 Å². The molecule has 0 aliphatic carbocycles. The van der Waals surface area contributed by atoms with Crippen LogP contribution in [-0.4, -0.2) is 30.0 Å². The van der Waals surface area contributed by atoms with Gasteiger partial charge >= 0.3 is 0 Å². The summed E-state index contributed by atoms with van der Waals surface area (Å²) < 4.78 is 4.11. The predicted molar refractivity (Wildman–Crippen MR) is 136 cm³/mol. The van der Waals surface area contributed by atoms with Crippen LogP contribution in [0.15, 0.2) is 77.4 Å². The molecule has 34 heavy (non-hydrogen) atoms. The minimum atomic E-state index is 0.437. The standard InChI is InChI=1S/C26H21ClN6S/c1-3-15-32-23(18-9-5-4-6-10-18)30-31-26(32)34-25-19(13-14-27)17(2)20(16-28)24-29-21-11-7-8-12-22(21)33(24)25/h3-12H,1,13-15H2,2H3. The maximum Gasteiger partial charge on any atom is 0.198 e. The first-order chi connectivity index (χ1) is 16.7. The summed E-state index contributed by atoms with van der Waals surface area (Å²) in [4.78, 5) is 4.80. The smallest absolute Gasteiger partial charge is 0.198 e.